The summed E-state index contributed by atoms with van der Waals surface area (Å²) in [6.07, 6.45) is 2.02. The number of aromatic nitrogens is 1. The first-order chi connectivity index (χ1) is 7.38. The monoisotopic (exact) mass is 221 g/mol. The molecule has 1 aromatic heterocycles. The van der Waals surface area contributed by atoms with Gasteiger partial charge in [-0.15, -0.1) is 0 Å². The lowest BCUT2D eigenvalue weighted by molar-refractivity contribution is -0.122. The molecule has 0 fully saturated rings. The van der Waals surface area contributed by atoms with Crippen molar-refractivity contribution in [1.29, 1.82) is 0 Å². The van der Waals surface area contributed by atoms with Crippen molar-refractivity contribution in [3.8, 4) is 0 Å². The zero-order chi connectivity index (χ0) is 12.2. The maximum Gasteiger partial charge on any atom is 0.222 e. The van der Waals surface area contributed by atoms with E-state index in [0.29, 0.717) is 6.42 Å². The topological polar surface area (TPSA) is 68.0 Å². The minimum absolute atomic E-state index is 0.0503. The van der Waals surface area contributed by atoms with Crippen molar-refractivity contribution in [3.63, 3.8) is 0 Å². The zero-order valence-corrected chi connectivity index (χ0v) is 10.0. The van der Waals surface area contributed by atoms with Crippen LogP contribution in [-0.2, 0) is 4.79 Å². The normalized spacial score (nSPS) is 13.2. The molecule has 1 heterocycles. The molecule has 1 atom stereocenters. The summed E-state index contributed by atoms with van der Waals surface area (Å²) in [7, 11) is 0. The molecule has 0 radical (unpaired) electrons. The second-order valence-electron chi connectivity index (χ2n) is 4.71. The van der Waals surface area contributed by atoms with Gasteiger partial charge in [0.25, 0.3) is 0 Å². The van der Waals surface area contributed by atoms with Gasteiger partial charge in [-0.25, -0.2) is 0 Å². The number of nitrogens with zero attached hydrogens (tertiary/aromatic N) is 1. The Labute approximate surface area is 96.3 Å². The smallest absolute Gasteiger partial charge is 0.222 e. The highest BCUT2D eigenvalue weighted by Gasteiger charge is 2.18. The number of hydrogen-bond acceptors (Lipinski definition) is 3. The SMILES string of the molecule is CC(NC(=O)CC(C)(C)N)c1ccccn1. The van der Waals surface area contributed by atoms with Crippen LogP contribution in [0.5, 0.6) is 0 Å². The number of amides is 1. The van der Waals surface area contributed by atoms with Crippen LogP contribution in [0.1, 0.15) is 38.9 Å². The van der Waals surface area contributed by atoms with Gasteiger partial charge in [-0.1, -0.05) is 6.07 Å². The van der Waals surface area contributed by atoms with Crippen LogP contribution in [0, 0.1) is 0 Å². The first-order valence-corrected chi connectivity index (χ1v) is 5.38. The van der Waals surface area contributed by atoms with Gasteiger partial charge < -0.3 is 11.1 Å². The molecule has 0 aliphatic rings. The van der Waals surface area contributed by atoms with E-state index in [1.54, 1.807) is 6.20 Å². The summed E-state index contributed by atoms with van der Waals surface area (Å²) in [4.78, 5) is 15.8. The van der Waals surface area contributed by atoms with Gasteiger partial charge in [-0.2, -0.15) is 0 Å². The van der Waals surface area contributed by atoms with Gasteiger partial charge in [-0.05, 0) is 32.9 Å². The van der Waals surface area contributed by atoms with E-state index in [2.05, 4.69) is 10.3 Å². The molecule has 1 rings (SSSR count). The molecule has 0 aromatic carbocycles. The molecular weight excluding hydrogens is 202 g/mol. The number of carbonyl (C=O) groups is 1. The van der Waals surface area contributed by atoms with Crippen LogP contribution in [0.4, 0.5) is 0 Å². The van der Waals surface area contributed by atoms with Crippen molar-refractivity contribution in [2.45, 2.75) is 38.8 Å². The second kappa shape index (κ2) is 5.07. The predicted octanol–water partition coefficient (Wildman–Crippen LogP) is 1.39. The van der Waals surface area contributed by atoms with Crippen molar-refractivity contribution >= 4 is 5.91 Å². The molecule has 88 valence electrons. The van der Waals surface area contributed by atoms with Gasteiger partial charge >= 0.3 is 0 Å². The first kappa shape index (κ1) is 12.6. The average Bonchev–Trinajstić information content (AvgIpc) is 2.16. The van der Waals surface area contributed by atoms with Crippen LogP contribution in [0.3, 0.4) is 0 Å². The summed E-state index contributed by atoms with van der Waals surface area (Å²) < 4.78 is 0. The van der Waals surface area contributed by atoms with Crippen LogP contribution in [0.15, 0.2) is 24.4 Å². The van der Waals surface area contributed by atoms with Gasteiger partial charge in [0.2, 0.25) is 5.91 Å². The largest absolute Gasteiger partial charge is 0.348 e. The third kappa shape index (κ3) is 4.40. The van der Waals surface area contributed by atoms with Crippen LogP contribution in [0.2, 0.25) is 0 Å². The third-order valence-electron chi connectivity index (χ3n) is 2.13. The van der Waals surface area contributed by atoms with Crippen LogP contribution >= 0.6 is 0 Å². The summed E-state index contributed by atoms with van der Waals surface area (Å²) in [5.41, 5.74) is 6.15. The first-order valence-electron chi connectivity index (χ1n) is 5.38. The van der Waals surface area contributed by atoms with Crippen molar-refractivity contribution in [3.05, 3.63) is 30.1 Å². The van der Waals surface area contributed by atoms with E-state index in [1.807, 2.05) is 39.0 Å². The Morgan fingerprint density at radius 2 is 2.25 bits per heavy atom. The molecule has 3 N–H and O–H groups in total. The Morgan fingerprint density at radius 3 is 2.75 bits per heavy atom. The highest BCUT2D eigenvalue weighted by Crippen LogP contribution is 2.10. The minimum Gasteiger partial charge on any atom is -0.348 e. The fraction of sp³-hybridized carbons (Fsp3) is 0.500. The van der Waals surface area contributed by atoms with Gasteiger partial charge in [-0.3, -0.25) is 9.78 Å². The van der Waals surface area contributed by atoms with Crippen molar-refractivity contribution in [1.82, 2.24) is 10.3 Å². The molecule has 0 saturated carbocycles. The van der Waals surface area contributed by atoms with Gasteiger partial charge in [0.1, 0.15) is 0 Å². The molecule has 4 nitrogen and oxygen atoms in total. The lowest BCUT2D eigenvalue weighted by atomic mass is 10.0. The van der Waals surface area contributed by atoms with Crippen molar-refractivity contribution < 1.29 is 4.79 Å². The van der Waals surface area contributed by atoms with Gasteiger partial charge in [0.05, 0.1) is 11.7 Å². The molecular formula is C12H19N3O. The maximum absolute atomic E-state index is 11.6. The summed E-state index contributed by atoms with van der Waals surface area (Å²) in [5, 5.41) is 2.87. The second-order valence-corrected chi connectivity index (χ2v) is 4.71. The molecule has 0 aliphatic carbocycles. The fourth-order valence-corrected chi connectivity index (χ4v) is 1.41. The standard InChI is InChI=1S/C12H19N3O/c1-9(10-6-4-5-7-14-10)15-11(16)8-12(2,3)13/h4-7,9H,8,13H2,1-3H3,(H,15,16). The highest BCUT2D eigenvalue weighted by molar-refractivity contribution is 5.77. The number of nitrogens with one attached hydrogen (secondary N) is 1. The summed E-state index contributed by atoms with van der Waals surface area (Å²) in [6, 6.07) is 5.55. The number of hydrogen-bond donors (Lipinski definition) is 2. The lowest BCUT2D eigenvalue weighted by Gasteiger charge is -2.20. The molecule has 0 bridgehead atoms. The zero-order valence-electron chi connectivity index (χ0n) is 10.0. The molecule has 1 amide bonds. The van der Waals surface area contributed by atoms with E-state index in [9.17, 15) is 4.79 Å². The molecule has 0 spiro atoms. The Bertz CT molecular complexity index is 343. The van der Waals surface area contributed by atoms with Crippen LogP contribution in [-0.4, -0.2) is 16.4 Å². The number of carbonyl (C=O) groups excluding carboxylic acids is 1. The Morgan fingerprint density at radius 1 is 1.56 bits per heavy atom. The minimum atomic E-state index is -0.478. The quantitative estimate of drug-likeness (QED) is 0.807. The molecule has 16 heavy (non-hydrogen) atoms. The lowest BCUT2D eigenvalue weighted by Crippen LogP contribution is -2.39. The Balaban J connectivity index is 2.52. The van der Waals surface area contributed by atoms with E-state index in [0.717, 1.165) is 5.69 Å². The Kier molecular flexibility index (Phi) is 4.01. The van der Waals surface area contributed by atoms with Crippen molar-refractivity contribution in [2.24, 2.45) is 5.73 Å². The highest BCUT2D eigenvalue weighted by atomic mass is 16.1. The molecule has 4 heteroatoms. The maximum atomic E-state index is 11.6. The van der Waals surface area contributed by atoms with Crippen LogP contribution in [0.25, 0.3) is 0 Å². The molecule has 0 saturated heterocycles. The fourth-order valence-electron chi connectivity index (χ4n) is 1.41. The van der Waals surface area contributed by atoms with E-state index >= 15 is 0 Å². The van der Waals surface area contributed by atoms with Gasteiger partial charge in [0.15, 0.2) is 0 Å². The van der Waals surface area contributed by atoms with E-state index in [4.69, 9.17) is 5.73 Å². The van der Waals surface area contributed by atoms with Crippen LogP contribution < -0.4 is 11.1 Å². The average molecular weight is 221 g/mol. The molecule has 1 aromatic rings. The van der Waals surface area contributed by atoms with E-state index in [1.165, 1.54) is 0 Å². The van der Waals surface area contributed by atoms with E-state index < -0.39 is 5.54 Å². The summed E-state index contributed by atoms with van der Waals surface area (Å²) in [5.74, 6) is -0.0503. The third-order valence-corrected chi connectivity index (χ3v) is 2.13. The van der Waals surface area contributed by atoms with E-state index in [-0.39, 0.29) is 11.9 Å². The predicted molar refractivity (Wildman–Crippen MR) is 63.7 cm³/mol. The summed E-state index contributed by atoms with van der Waals surface area (Å²) in [6.45, 7) is 5.57. The number of rotatable bonds is 4. The van der Waals surface area contributed by atoms with Gasteiger partial charge in [0, 0.05) is 18.2 Å². The molecule has 1 unspecified atom stereocenters. The Hall–Kier alpha value is -1.42. The molecule has 0 aliphatic heterocycles. The van der Waals surface area contributed by atoms with Crippen molar-refractivity contribution in [2.75, 3.05) is 0 Å². The number of nitrogens with two attached hydrogens (primary N) is 1. The summed E-state index contributed by atoms with van der Waals surface area (Å²) >= 11 is 0. The number of pyridine rings is 1.